The van der Waals surface area contributed by atoms with Gasteiger partial charge < -0.3 is 10.2 Å². The van der Waals surface area contributed by atoms with Crippen molar-refractivity contribution in [2.45, 2.75) is 116 Å². The fourth-order valence-electron chi connectivity index (χ4n) is 5.44. The zero-order valence-corrected chi connectivity index (χ0v) is 26.9. The first-order chi connectivity index (χ1) is 19.9. The first-order valence-corrected chi connectivity index (χ1v) is 18.3. The fourth-order valence-corrected chi connectivity index (χ4v) is 5.86. The van der Waals surface area contributed by atoms with Gasteiger partial charge in [0.05, 0.1) is 18.4 Å². The van der Waals surface area contributed by atoms with Crippen molar-refractivity contribution in [3.63, 3.8) is 0 Å². The van der Waals surface area contributed by atoms with E-state index in [-0.39, 0.29) is 5.91 Å². The molecular weight excluding hydrogens is 536 g/mol. The molecule has 41 heavy (non-hydrogen) atoms. The number of nitrogens with one attached hydrogen (secondary N) is 1. The van der Waals surface area contributed by atoms with Crippen LogP contribution in [-0.4, -0.2) is 76.3 Å². The van der Waals surface area contributed by atoms with E-state index < -0.39 is 10.1 Å². The van der Waals surface area contributed by atoms with Crippen LogP contribution in [0.25, 0.3) is 0 Å². The summed E-state index contributed by atoms with van der Waals surface area (Å²) in [6, 6.07) is 3.89. The lowest BCUT2D eigenvalue weighted by molar-refractivity contribution is 0.0952. The molecule has 0 aromatic carbocycles. The van der Waals surface area contributed by atoms with Gasteiger partial charge in [0.1, 0.15) is 5.82 Å². The highest BCUT2D eigenvalue weighted by atomic mass is 32.2. The average molecular weight is 595 g/mol. The number of rotatable bonds is 24. The van der Waals surface area contributed by atoms with E-state index in [1.165, 1.54) is 96.4 Å². The summed E-state index contributed by atoms with van der Waals surface area (Å²) in [6.45, 7) is 8.60. The fraction of sp³-hybridized carbons (Fsp3) is 0.812. The van der Waals surface area contributed by atoms with Crippen molar-refractivity contribution in [1.29, 1.82) is 0 Å². The highest BCUT2D eigenvalue weighted by Gasteiger charge is 2.17. The molecule has 0 bridgehead atoms. The van der Waals surface area contributed by atoms with E-state index in [1.54, 1.807) is 6.20 Å². The normalized spacial score (nSPS) is 14.4. The molecule has 8 nitrogen and oxygen atoms in total. The molecule has 0 unspecified atom stereocenters. The van der Waals surface area contributed by atoms with Crippen molar-refractivity contribution < 1.29 is 17.4 Å². The number of hydrogen-bond donors (Lipinski definition) is 1. The monoisotopic (exact) mass is 594 g/mol. The maximum Gasteiger partial charge on any atom is 0.264 e. The number of hydrogen-bond acceptors (Lipinski definition) is 7. The number of piperazine rings is 1. The number of anilines is 1. The smallest absolute Gasteiger partial charge is 0.264 e. The Morgan fingerprint density at radius 1 is 0.805 bits per heavy atom. The average Bonchev–Trinajstić information content (AvgIpc) is 2.96. The number of aromatic nitrogens is 1. The van der Waals surface area contributed by atoms with E-state index in [2.05, 4.69) is 27.0 Å². The third kappa shape index (κ3) is 17.8. The van der Waals surface area contributed by atoms with Crippen LogP contribution in [0.15, 0.2) is 18.3 Å². The highest BCUT2D eigenvalue weighted by Crippen LogP contribution is 2.15. The first-order valence-electron chi connectivity index (χ1n) is 16.4. The molecule has 1 N–H and O–H groups in total. The van der Waals surface area contributed by atoms with Gasteiger partial charge in [-0.15, -0.1) is 0 Å². The Morgan fingerprint density at radius 2 is 1.32 bits per heavy atom. The quantitative estimate of drug-likeness (QED) is 0.107. The van der Waals surface area contributed by atoms with Crippen LogP contribution in [0.1, 0.15) is 126 Å². The molecule has 1 aromatic rings. The summed E-state index contributed by atoms with van der Waals surface area (Å²) in [5.74, 6) is 0.951. The van der Waals surface area contributed by atoms with E-state index in [0.717, 1.165) is 64.1 Å². The van der Waals surface area contributed by atoms with E-state index in [0.29, 0.717) is 12.2 Å². The Kier molecular flexibility index (Phi) is 19.0. The molecule has 0 saturated carbocycles. The Labute approximate surface area is 251 Å². The van der Waals surface area contributed by atoms with Crippen molar-refractivity contribution in [3.05, 3.63) is 23.9 Å². The molecule has 1 saturated heterocycles. The Bertz CT molecular complexity index is 903. The third-order valence-electron chi connectivity index (χ3n) is 7.90. The van der Waals surface area contributed by atoms with Crippen LogP contribution in [0.4, 0.5) is 5.82 Å². The molecular formula is C32H58N4O4S. The number of pyridine rings is 1. The molecule has 1 aromatic heterocycles. The molecule has 0 radical (unpaired) electrons. The van der Waals surface area contributed by atoms with Crippen LogP contribution in [0, 0.1) is 0 Å². The van der Waals surface area contributed by atoms with Gasteiger partial charge in [-0.3, -0.25) is 13.9 Å². The van der Waals surface area contributed by atoms with Crippen LogP contribution in [0.5, 0.6) is 0 Å². The van der Waals surface area contributed by atoms with E-state index >= 15 is 0 Å². The summed E-state index contributed by atoms with van der Waals surface area (Å²) in [7, 11) is -3.28. The van der Waals surface area contributed by atoms with Crippen molar-refractivity contribution >= 4 is 21.8 Å². The second-order valence-corrected chi connectivity index (χ2v) is 13.3. The van der Waals surface area contributed by atoms with Crippen LogP contribution >= 0.6 is 0 Å². The Balaban J connectivity index is 1.34. The van der Waals surface area contributed by atoms with Crippen molar-refractivity contribution in [2.24, 2.45) is 0 Å². The predicted molar refractivity (Wildman–Crippen MR) is 170 cm³/mol. The molecule has 2 heterocycles. The van der Waals surface area contributed by atoms with Gasteiger partial charge in [-0.05, 0) is 37.9 Å². The minimum Gasteiger partial charge on any atom is -0.354 e. The van der Waals surface area contributed by atoms with Crippen LogP contribution in [-0.2, 0) is 14.3 Å². The van der Waals surface area contributed by atoms with Crippen LogP contribution in [0.2, 0.25) is 0 Å². The number of unbranched alkanes of at least 4 members (excludes halogenated alkanes) is 15. The van der Waals surface area contributed by atoms with Gasteiger partial charge in [0.15, 0.2) is 0 Å². The zero-order chi connectivity index (χ0) is 29.6. The summed E-state index contributed by atoms with van der Waals surface area (Å²) in [5, 5.41) is 3.05. The summed E-state index contributed by atoms with van der Waals surface area (Å²) in [4.78, 5) is 21.8. The number of amides is 1. The maximum absolute atomic E-state index is 12.5. The minimum atomic E-state index is -3.28. The summed E-state index contributed by atoms with van der Waals surface area (Å²) < 4.78 is 26.5. The predicted octanol–water partition coefficient (Wildman–Crippen LogP) is 6.56. The second-order valence-electron chi connectivity index (χ2n) is 11.7. The van der Waals surface area contributed by atoms with Gasteiger partial charge in [0.25, 0.3) is 16.0 Å². The van der Waals surface area contributed by atoms with Crippen molar-refractivity contribution in [3.8, 4) is 0 Å². The topological polar surface area (TPSA) is 91.8 Å². The molecule has 9 heteroatoms. The Hall–Kier alpha value is -1.71. The number of carbonyl (C=O) groups is 1. The summed E-state index contributed by atoms with van der Waals surface area (Å²) in [5.41, 5.74) is 0.646. The lowest BCUT2D eigenvalue weighted by Gasteiger charge is -2.35. The Morgan fingerprint density at radius 3 is 1.78 bits per heavy atom. The van der Waals surface area contributed by atoms with Gasteiger partial charge >= 0.3 is 0 Å². The van der Waals surface area contributed by atoms with Gasteiger partial charge in [-0.2, -0.15) is 8.42 Å². The summed E-state index contributed by atoms with van der Waals surface area (Å²) in [6.07, 6.45) is 23.7. The number of carbonyl (C=O) groups excluding carboxylic acids is 1. The van der Waals surface area contributed by atoms with Crippen molar-refractivity contribution in [2.75, 3.05) is 57.0 Å². The molecule has 0 atom stereocenters. The van der Waals surface area contributed by atoms with Gasteiger partial charge in [-0.1, -0.05) is 96.8 Å². The van der Waals surface area contributed by atoms with E-state index in [4.69, 9.17) is 4.18 Å². The molecule has 1 fully saturated rings. The largest absolute Gasteiger partial charge is 0.354 e. The first kappa shape index (κ1) is 35.5. The zero-order valence-electron chi connectivity index (χ0n) is 26.1. The molecule has 1 aliphatic heterocycles. The maximum atomic E-state index is 12.5. The highest BCUT2D eigenvalue weighted by molar-refractivity contribution is 7.85. The number of nitrogens with zero attached hydrogens (tertiary/aromatic N) is 3. The SMILES string of the molecule is CCCN1CCN(c2ccc(C(=O)NCCCCCCCCCCCCCCCCCCOS(C)(=O)=O)cn2)CC1. The molecule has 0 aliphatic carbocycles. The van der Waals surface area contributed by atoms with Crippen LogP contribution < -0.4 is 10.2 Å². The summed E-state index contributed by atoms with van der Waals surface area (Å²) >= 11 is 0. The molecule has 1 amide bonds. The molecule has 2 rings (SSSR count). The van der Waals surface area contributed by atoms with Gasteiger partial charge in [-0.25, -0.2) is 4.98 Å². The second kappa shape index (κ2) is 21.9. The van der Waals surface area contributed by atoms with Gasteiger partial charge in [0, 0.05) is 38.9 Å². The lowest BCUT2D eigenvalue weighted by atomic mass is 10.0. The molecule has 0 spiro atoms. The van der Waals surface area contributed by atoms with Crippen molar-refractivity contribution in [1.82, 2.24) is 15.2 Å². The molecule has 1 aliphatic rings. The van der Waals surface area contributed by atoms with E-state index in [1.807, 2.05) is 12.1 Å². The van der Waals surface area contributed by atoms with Gasteiger partial charge in [0.2, 0.25) is 0 Å². The molecule has 236 valence electrons. The van der Waals surface area contributed by atoms with E-state index in [9.17, 15) is 13.2 Å². The standard InChI is InChI=1S/C32H58N4O4S/c1-3-23-35-24-26-36(27-25-35)31-21-20-30(29-34-31)32(37)33-22-18-16-14-12-10-8-6-4-5-7-9-11-13-15-17-19-28-40-41(2,38)39/h20-21,29H,3-19,22-28H2,1-2H3,(H,33,37). The third-order valence-corrected chi connectivity index (χ3v) is 8.50. The lowest BCUT2D eigenvalue weighted by Crippen LogP contribution is -2.46. The minimum absolute atomic E-state index is 0.0196. The van der Waals surface area contributed by atoms with Crippen LogP contribution in [0.3, 0.4) is 0 Å².